The summed E-state index contributed by atoms with van der Waals surface area (Å²) in [5.74, 6) is 2.63. The Kier molecular flexibility index (Phi) is 4.48. The third-order valence-electron chi connectivity index (χ3n) is 5.80. The number of imidazole rings is 1. The van der Waals surface area contributed by atoms with Gasteiger partial charge in [-0.1, -0.05) is 0 Å². The summed E-state index contributed by atoms with van der Waals surface area (Å²) in [5.41, 5.74) is 0. The fourth-order valence-corrected chi connectivity index (χ4v) is 3.94. The van der Waals surface area contributed by atoms with Crippen LogP contribution in [-0.4, -0.2) is 76.6 Å². The van der Waals surface area contributed by atoms with Crippen LogP contribution >= 0.6 is 0 Å². The molecule has 0 radical (unpaired) electrons. The van der Waals surface area contributed by atoms with Crippen molar-refractivity contribution in [3.05, 3.63) is 18.2 Å². The molecule has 6 heteroatoms. The van der Waals surface area contributed by atoms with E-state index in [2.05, 4.69) is 32.6 Å². The molecule has 2 amide bonds. The number of amides is 2. The highest BCUT2D eigenvalue weighted by molar-refractivity contribution is 5.74. The molecule has 0 N–H and O–H groups in total. The molecule has 2 saturated heterocycles. The maximum Gasteiger partial charge on any atom is 0.320 e. The second kappa shape index (κ2) is 6.75. The van der Waals surface area contributed by atoms with E-state index in [0.717, 1.165) is 64.6 Å². The summed E-state index contributed by atoms with van der Waals surface area (Å²) in [4.78, 5) is 23.7. The molecule has 1 saturated carbocycles. The molecule has 3 aliphatic rings. The zero-order valence-corrected chi connectivity index (χ0v) is 14.7. The van der Waals surface area contributed by atoms with Crippen molar-refractivity contribution in [1.29, 1.82) is 0 Å². The lowest BCUT2D eigenvalue weighted by Crippen LogP contribution is -2.53. The Labute approximate surface area is 144 Å². The molecular formula is C18H29N5O. The normalized spacial score (nSPS) is 23.7. The number of hydrogen-bond acceptors (Lipinski definition) is 3. The Morgan fingerprint density at radius 1 is 1.04 bits per heavy atom. The summed E-state index contributed by atoms with van der Waals surface area (Å²) in [6, 6.07) is 0.239. The van der Waals surface area contributed by atoms with Gasteiger partial charge in [0.15, 0.2) is 0 Å². The minimum atomic E-state index is 0.239. The van der Waals surface area contributed by atoms with E-state index in [4.69, 9.17) is 0 Å². The standard InChI is InChI=1S/C18H29N5O/c1-20-10-12-22(13-11-20)18(24)21-7-4-16(5-8-21)17-19-6-9-23(17)14-15-2-3-15/h6,9,15-16H,2-5,7-8,10-14H2,1H3. The van der Waals surface area contributed by atoms with E-state index < -0.39 is 0 Å². The Morgan fingerprint density at radius 2 is 1.71 bits per heavy atom. The maximum absolute atomic E-state index is 12.7. The molecule has 3 heterocycles. The molecule has 0 bridgehead atoms. The van der Waals surface area contributed by atoms with Gasteiger partial charge in [0.1, 0.15) is 5.82 Å². The summed E-state index contributed by atoms with van der Waals surface area (Å²) in [6.07, 6.45) is 8.91. The van der Waals surface area contributed by atoms with Crippen molar-refractivity contribution in [2.75, 3.05) is 46.3 Å². The first-order chi connectivity index (χ1) is 11.7. The molecule has 0 unspecified atom stereocenters. The van der Waals surface area contributed by atoms with Gasteiger partial charge in [-0.05, 0) is 38.6 Å². The van der Waals surface area contributed by atoms with Crippen LogP contribution in [0.5, 0.6) is 0 Å². The Morgan fingerprint density at radius 3 is 2.38 bits per heavy atom. The number of piperidine rings is 1. The lowest BCUT2D eigenvalue weighted by molar-refractivity contribution is 0.113. The van der Waals surface area contributed by atoms with E-state index in [1.807, 2.05) is 11.1 Å². The fraction of sp³-hybridized carbons (Fsp3) is 0.778. The van der Waals surface area contributed by atoms with Crippen LogP contribution in [0.1, 0.15) is 37.4 Å². The number of carbonyl (C=O) groups excluding carboxylic acids is 1. The van der Waals surface area contributed by atoms with E-state index in [1.165, 1.54) is 18.7 Å². The van der Waals surface area contributed by atoms with Crippen molar-refractivity contribution in [2.45, 2.75) is 38.1 Å². The molecule has 0 atom stereocenters. The van der Waals surface area contributed by atoms with Crippen LogP contribution < -0.4 is 0 Å². The molecule has 6 nitrogen and oxygen atoms in total. The molecule has 0 aromatic carbocycles. The first-order valence-electron chi connectivity index (χ1n) is 9.44. The smallest absolute Gasteiger partial charge is 0.320 e. The molecular weight excluding hydrogens is 302 g/mol. The topological polar surface area (TPSA) is 44.6 Å². The Hall–Kier alpha value is -1.56. The average Bonchev–Trinajstić information content (AvgIpc) is 3.30. The SMILES string of the molecule is CN1CCN(C(=O)N2CCC(c3nccn3CC3CC3)CC2)CC1. The first-order valence-corrected chi connectivity index (χ1v) is 9.44. The van der Waals surface area contributed by atoms with E-state index >= 15 is 0 Å². The Balaban J connectivity index is 1.31. The summed E-state index contributed by atoms with van der Waals surface area (Å²) < 4.78 is 2.36. The van der Waals surface area contributed by atoms with Gasteiger partial charge >= 0.3 is 6.03 Å². The largest absolute Gasteiger partial charge is 0.334 e. The number of hydrogen-bond donors (Lipinski definition) is 0. The van der Waals surface area contributed by atoms with E-state index in [9.17, 15) is 4.79 Å². The molecule has 4 rings (SSSR count). The second-order valence-electron chi connectivity index (χ2n) is 7.72. The van der Waals surface area contributed by atoms with Crippen LogP contribution in [0.4, 0.5) is 4.79 Å². The lowest BCUT2D eigenvalue weighted by atomic mass is 9.96. The van der Waals surface area contributed by atoms with Crippen molar-refractivity contribution in [3.63, 3.8) is 0 Å². The van der Waals surface area contributed by atoms with Crippen LogP contribution in [0.15, 0.2) is 12.4 Å². The molecule has 1 aliphatic carbocycles. The molecule has 132 valence electrons. The lowest BCUT2D eigenvalue weighted by Gasteiger charge is -2.38. The summed E-state index contributed by atoms with van der Waals surface area (Å²) in [6.45, 7) is 6.57. The third kappa shape index (κ3) is 3.43. The highest BCUT2D eigenvalue weighted by Crippen LogP contribution is 2.33. The van der Waals surface area contributed by atoms with Crippen LogP contribution in [-0.2, 0) is 6.54 Å². The quantitative estimate of drug-likeness (QED) is 0.849. The number of rotatable bonds is 3. The van der Waals surface area contributed by atoms with Gasteiger partial charge in [0.05, 0.1) is 0 Å². The zero-order chi connectivity index (χ0) is 16.5. The van der Waals surface area contributed by atoms with Crippen LogP contribution in [0, 0.1) is 5.92 Å². The van der Waals surface area contributed by atoms with Crippen LogP contribution in [0.2, 0.25) is 0 Å². The van der Waals surface area contributed by atoms with Gasteiger partial charge < -0.3 is 19.3 Å². The van der Waals surface area contributed by atoms with Gasteiger partial charge in [0.2, 0.25) is 0 Å². The molecule has 1 aromatic heterocycles. The number of nitrogens with zero attached hydrogens (tertiary/aromatic N) is 5. The van der Waals surface area contributed by atoms with Crippen molar-refractivity contribution in [2.24, 2.45) is 5.92 Å². The number of likely N-dealkylation sites (N-methyl/N-ethyl adjacent to an activating group) is 1. The number of piperazine rings is 1. The number of urea groups is 1. The molecule has 24 heavy (non-hydrogen) atoms. The van der Waals surface area contributed by atoms with Gasteiger partial charge in [-0.2, -0.15) is 0 Å². The van der Waals surface area contributed by atoms with E-state index in [1.54, 1.807) is 0 Å². The summed E-state index contributed by atoms with van der Waals surface area (Å²) in [7, 11) is 2.12. The second-order valence-corrected chi connectivity index (χ2v) is 7.72. The van der Waals surface area contributed by atoms with Crippen molar-refractivity contribution in [1.82, 2.24) is 24.3 Å². The monoisotopic (exact) mass is 331 g/mol. The van der Waals surface area contributed by atoms with Gasteiger partial charge in [0.25, 0.3) is 0 Å². The Bertz CT molecular complexity index is 566. The van der Waals surface area contributed by atoms with Gasteiger partial charge in [-0.3, -0.25) is 0 Å². The van der Waals surface area contributed by atoms with Gasteiger partial charge in [-0.15, -0.1) is 0 Å². The fourth-order valence-electron chi connectivity index (χ4n) is 3.94. The summed E-state index contributed by atoms with van der Waals surface area (Å²) in [5, 5.41) is 0. The minimum Gasteiger partial charge on any atom is -0.334 e. The molecule has 2 aliphatic heterocycles. The van der Waals surface area contributed by atoms with Crippen molar-refractivity contribution in [3.8, 4) is 0 Å². The van der Waals surface area contributed by atoms with Crippen LogP contribution in [0.3, 0.4) is 0 Å². The number of likely N-dealkylation sites (tertiary alicyclic amines) is 1. The maximum atomic E-state index is 12.7. The predicted octanol–water partition coefficient (Wildman–Crippen LogP) is 1.84. The van der Waals surface area contributed by atoms with Gasteiger partial charge in [0, 0.05) is 64.1 Å². The summed E-state index contributed by atoms with van der Waals surface area (Å²) >= 11 is 0. The number of carbonyl (C=O) groups is 1. The van der Waals surface area contributed by atoms with Crippen molar-refractivity contribution < 1.29 is 4.79 Å². The zero-order valence-electron chi connectivity index (χ0n) is 14.7. The predicted molar refractivity (Wildman–Crippen MR) is 93.0 cm³/mol. The third-order valence-corrected chi connectivity index (χ3v) is 5.80. The molecule has 3 fully saturated rings. The molecule has 1 aromatic rings. The highest BCUT2D eigenvalue weighted by Gasteiger charge is 2.30. The minimum absolute atomic E-state index is 0.239. The first kappa shape index (κ1) is 15.9. The number of aromatic nitrogens is 2. The van der Waals surface area contributed by atoms with Gasteiger partial charge in [-0.25, -0.2) is 9.78 Å². The molecule has 0 spiro atoms. The highest BCUT2D eigenvalue weighted by atomic mass is 16.2. The average molecular weight is 331 g/mol. The van der Waals surface area contributed by atoms with E-state index in [0.29, 0.717) is 5.92 Å². The van der Waals surface area contributed by atoms with Crippen molar-refractivity contribution >= 4 is 6.03 Å². The van der Waals surface area contributed by atoms with Crippen LogP contribution in [0.25, 0.3) is 0 Å². The van der Waals surface area contributed by atoms with E-state index in [-0.39, 0.29) is 6.03 Å².